The molecule has 0 aliphatic heterocycles. The van der Waals surface area contributed by atoms with Gasteiger partial charge in [0, 0.05) is 19.3 Å². The molecule has 0 saturated heterocycles. The molecule has 3 atom stereocenters. The molecule has 374 valence electrons. The zero-order chi connectivity index (χ0) is 47.0. The number of aliphatic hydroxyl groups excluding tert-OH is 1. The third-order valence-corrected chi connectivity index (χ3v) is 12.0. The molecule has 0 aromatic carbocycles. The molecule has 0 radical (unpaired) electrons. The lowest BCUT2D eigenvalue weighted by atomic mass is 10.1. The summed E-state index contributed by atoms with van der Waals surface area (Å²) >= 11 is 0. The summed E-state index contributed by atoms with van der Waals surface area (Å²) in [6.45, 7) is 4.52. The van der Waals surface area contributed by atoms with E-state index in [1.165, 1.54) is 70.6 Å². The van der Waals surface area contributed by atoms with Crippen LogP contribution in [0.1, 0.15) is 239 Å². The van der Waals surface area contributed by atoms with Crippen LogP contribution in [0.5, 0.6) is 0 Å². The maximum atomic E-state index is 12.8. The third-order valence-electron chi connectivity index (χ3n) is 11.0. The second-order valence-corrected chi connectivity index (χ2v) is 18.8. The fourth-order valence-electron chi connectivity index (χ4n) is 7.04. The van der Waals surface area contributed by atoms with Crippen LogP contribution >= 0.6 is 7.82 Å². The van der Waals surface area contributed by atoms with E-state index in [1.807, 2.05) is 0 Å². The van der Waals surface area contributed by atoms with E-state index < -0.39 is 57.8 Å². The van der Waals surface area contributed by atoms with Crippen molar-refractivity contribution in [2.24, 2.45) is 0 Å². The molecule has 0 bridgehead atoms. The van der Waals surface area contributed by atoms with E-state index in [4.69, 9.17) is 23.3 Å². The van der Waals surface area contributed by atoms with Crippen LogP contribution in [-0.4, -0.2) is 66.5 Å². The van der Waals surface area contributed by atoms with E-state index >= 15 is 0 Å². The van der Waals surface area contributed by atoms with Crippen molar-refractivity contribution in [1.82, 2.24) is 0 Å². The van der Waals surface area contributed by atoms with E-state index in [2.05, 4.69) is 57.2 Å². The number of unbranched alkanes of at least 4 members (excludes halogenated alkanes) is 25. The number of hydrogen-bond acceptors (Lipinski definition) is 10. The van der Waals surface area contributed by atoms with Gasteiger partial charge in [-0.25, -0.2) is 4.57 Å². The number of rotatable bonds is 48. The molecule has 11 nitrogen and oxygen atoms in total. The lowest BCUT2D eigenvalue weighted by Crippen LogP contribution is -2.30. The summed E-state index contributed by atoms with van der Waals surface area (Å²) in [5.74, 6) is -1.48. The maximum absolute atomic E-state index is 12.8. The number of aliphatic hydroxyl groups is 1. The maximum Gasteiger partial charge on any atom is 0.472 e. The third kappa shape index (κ3) is 44.9. The molecule has 0 saturated carbocycles. The first-order valence-corrected chi connectivity index (χ1v) is 27.4. The summed E-state index contributed by atoms with van der Waals surface area (Å²) < 4.78 is 39.3. The van der Waals surface area contributed by atoms with Crippen molar-refractivity contribution in [2.45, 2.75) is 251 Å². The Hall–Kier alpha value is -2.30. The number of phosphoric acid groups is 1. The second kappa shape index (κ2) is 47.2. The smallest absolute Gasteiger partial charge is 0.462 e. The van der Waals surface area contributed by atoms with Gasteiger partial charge in [0.2, 0.25) is 0 Å². The van der Waals surface area contributed by atoms with Gasteiger partial charge in [-0.3, -0.25) is 23.4 Å². The fourth-order valence-corrected chi connectivity index (χ4v) is 7.82. The Bertz CT molecular complexity index is 1220. The normalized spacial score (nSPS) is 13.8. The van der Waals surface area contributed by atoms with Gasteiger partial charge >= 0.3 is 25.7 Å². The Morgan fingerprint density at radius 3 is 1.23 bits per heavy atom. The van der Waals surface area contributed by atoms with E-state index in [-0.39, 0.29) is 25.9 Å². The lowest BCUT2D eigenvalue weighted by molar-refractivity contribution is -0.161. The summed E-state index contributed by atoms with van der Waals surface area (Å²) in [5, 5.41) is 9.73. The van der Waals surface area contributed by atoms with Gasteiger partial charge in [0.25, 0.3) is 0 Å². The van der Waals surface area contributed by atoms with Crippen LogP contribution in [-0.2, 0) is 42.2 Å². The highest BCUT2D eigenvalue weighted by atomic mass is 31.2. The first-order chi connectivity index (χ1) is 31.2. The van der Waals surface area contributed by atoms with Crippen molar-refractivity contribution >= 4 is 25.7 Å². The molecule has 64 heavy (non-hydrogen) atoms. The van der Waals surface area contributed by atoms with Gasteiger partial charge in [-0.05, 0) is 70.6 Å². The fraction of sp³-hybridized carbons (Fsp3) is 0.827. The summed E-state index contributed by atoms with van der Waals surface area (Å²) in [5.41, 5.74) is 0. The largest absolute Gasteiger partial charge is 0.472 e. The molecular formula is C52H95O11P. The van der Waals surface area contributed by atoms with E-state index in [0.717, 1.165) is 109 Å². The standard InChI is InChI=1S/C52H95O11P/c1-4-7-10-13-16-19-21-23-24-26-27-30-32-35-38-41-50(54)59-45-49(63-52(56)43-40-37-34-31-28-25-22-20-17-14-11-8-5-2)47-61-64(57,58)60-46-48(44-53)62-51(55)42-39-36-33-29-18-15-12-9-6-3/h11,14,20,22-24,48-49,53H,4-10,12-13,15-19,21,25-47H2,1-3H3,(H,57,58)/b14-11-,22-20-,24-23-. The van der Waals surface area contributed by atoms with Gasteiger partial charge in [-0.1, -0.05) is 186 Å². The van der Waals surface area contributed by atoms with Crippen molar-refractivity contribution in [3.05, 3.63) is 36.5 Å². The number of esters is 3. The molecule has 0 fully saturated rings. The zero-order valence-electron chi connectivity index (χ0n) is 41.0. The first kappa shape index (κ1) is 61.7. The van der Waals surface area contributed by atoms with E-state index in [0.29, 0.717) is 19.3 Å². The highest BCUT2D eigenvalue weighted by Gasteiger charge is 2.28. The molecule has 0 spiro atoms. The number of allylic oxidation sites excluding steroid dienone is 6. The zero-order valence-corrected chi connectivity index (χ0v) is 41.9. The monoisotopic (exact) mass is 927 g/mol. The quantitative estimate of drug-likeness (QED) is 0.0197. The van der Waals surface area contributed by atoms with E-state index in [9.17, 15) is 28.9 Å². The van der Waals surface area contributed by atoms with Gasteiger partial charge in [-0.15, -0.1) is 0 Å². The Labute approximate surface area is 390 Å². The molecule has 0 aliphatic rings. The predicted molar refractivity (Wildman–Crippen MR) is 261 cm³/mol. The van der Waals surface area contributed by atoms with Crippen LogP contribution in [0.2, 0.25) is 0 Å². The van der Waals surface area contributed by atoms with Crippen LogP contribution in [0.15, 0.2) is 36.5 Å². The van der Waals surface area contributed by atoms with Crippen molar-refractivity contribution < 1.29 is 52.2 Å². The average molecular weight is 927 g/mol. The van der Waals surface area contributed by atoms with Gasteiger partial charge in [0.15, 0.2) is 6.10 Å². The number of carbonyl (C=O) groups excluding carboxylic acids is 3. The molecule has 0 aliphatic carbocycles. The van der Waals surface area contributed by atoms with Crippen molar-refractivity contribution in [3.8, 4) is 0 Å². The van der Waals surface area contributed by atoms with Gasteiger partial charge in [-0.2, -0.15) is 0 Å². The van der Waals surface area contributed by atoms with Crippen LogP contribution in [0.25, 0.3) is 0 Å². The number of carbonyl (C=O) groups is 3. The molecule has 12 heteroatoms. The molecule has 3 unspecified atom stereocenters. The van der Waals surface area contributed by atoms with Crippen LogP contribution in [0.3, 0.4) is 0 Å². The van der Waals surface area contributed by atoms with Crippen molar-refractivity contribution in [2.75, 3.05) is 26.4 Å². The highest BCUT2D eigenvalue weighted by Crippen LogP contribution is 2.43. The summed E-state index contributed by atoms with van der Waals surface area (Å²) in [4.78, 5) is 48.2. The van der Waals surface area contributed by atoms with Crippen molar-refractivity contribution in [3.63, 3.8) is 0 Å². The second-order valence-electron chi connectivity index (χ2n) is 17.3. The Kier molecular flexibility index (Phi) is 45.5. The number of ether oxygens (including phenoxy) is 3. The highest BCUT2D eigenvalue weighted by molar-refractivity contribution is 7.47. The Balaban J connectivity index is 4.76. The minimum absolute atomic E-state index is 0.152. The SMILES string of the molecule is CCC/C=C\C/C=C\CCCCCCCC(=O)OC(COC(=O)CCCCCCC/C=C\CCCCCCCC)COP(=O)(O)OCC(CO)OC(=O)CCCCCCCCCCC. The van der Waals surface area contributed by atoms with E-state index in [1.54, 1.807) is 0 Å². The minimum atomic E-state index is -4.74. The van der Waals surface area contributed by atoms with Crippen molar-refractivity contribution in [1.29, 1.82) is 0 Å². The number of hydrogen-bond donors (Lipinski definition) is 2. The summed E-state index contributed by atoms with van der Waals surface area (Å²) in [6, 6.07) is 0. The van der Waals surface area contributed by atoms with Gasteiger partial charge in [0.1, 0.15) is 12.7 Å². The lowest BCUT2D eigenvalue weighted by Gasteiger charge is -2.21. The molecular weight excluding hydrogens is 832 g/mol. The van der Waals surface area contributed by atoms with Gasteiger partial charge < -0.3 is 24.2 Å². The summed E-state index contributed by atoms with van der Waals surface area (Å²) in [6.07, 6.45) is 45.5. The van der Waals surface area contributed by atoms with Crippen LogP contribution in [0, 0.1) is 0 Å². The molecule has 0 amide bonds. The molecule has 0 aromatic rings. The first-order valence-electron chi connectivity index (χ1n) is 25.9. The molecule has 0 heterocycles. The van der Waals surface area contributed by atoms with Crippen LogP contribution in [0.4, 0.5) is 0 Å². The summed E-state index contributed by atoms with van der Waals surface area (Å²) in [7, 11) is -4.74. The molecule has 0 rings (SSSR count). The topological polar surface area (TPSA) is 155 Å². The molecule has 0 aromatic heterocycles. The Morgan fingerprint density at radius 1 is 0.438 bits per heavy atom. The average Bonchev–Trinajstić information content (AvgIpc) is 3.28. The molecule has 2 N–H and O–H groups in total. The Morgan fingerprint density at radius 2 is 0.797 bits per heavy atom. The number of phosphoric ester groups is 1. The minimum Gasteiger partial charge on any atom is -0.462 e. The van der Waals surface area contributed by atoms with Crippen LogP contribution < -0.4 is 0 Å². The van der Waals surface area contributed by atoms with Gasteiger partial charge in [0.05, 0.1) is 19.8 Å². The predicted octanol–water partition coefficient (Wildman–Crippen LogP) is 14.5.